The molecule has 0 saturated heterocycles. The Morgan fingerprint density at radius 2 is 1.71 bits per heavy atom. The van der Waals surface area contributed by atoms with Crippen LogP contribution in [0, 0.1) is 0 Å². The molecule has 0 fully saturated rings. The maximum atomic E-state index is 13.9. The monoisotopic (exact) mass is 476 g/mol. The van der Waals surface area contributed by atoms with Crippen molar-refractivity contribution in [3.05, 3.63) is 59.8 Å². The molecule has 0 spiro atoms. The first kappa shape index (κ1) is 23.3. The lowest BCUT2D eigenvalue weighted by molar-refractivity contribution is -0.173. The molecule has 0 unspecified atom stereocenters. The maximum Gasteiger partial charge on any atom is 0.410 e. The second-order valence-corrected chi connectivity index (χ2v) is 7.63. The van der Waals surface area contributed by atoms with Crippen LogP contribution in [0.3, 0.4) is 0 Å². The van der Waals surface area contributed by atoms with Crippen molar-refractivity contribution in [1.82, 2.24) is 9.78 Å². The van der Waals surface area contributed by atoms with Crippen LogP contribution in [-0.2, 0) is 0 Å². The Balaban J connectivity index is 1.64. The van der Waals surface area contributed by atoms with Gasteiger partial charge in [0.25, 0.3) is 5.91 Å². The van der Waals surface area contributed by atoms with Crippen molar-refractivity contribution in [1.29, 1.82) is 0 Å². The van der Waals surface area contributed by atoms with Crippen molar-refractivity contribution >= 4 is 17.4 Å². The van der Waals surface area contributed by atoms with Crippen LogP contribution in [0.2, 0.25) is 0 Å². The van der Waals surface area contributed by atoms with E-state index < -0.39 is 24.2 Å². The summed E-state index contributed by atoms with van der Waals surface area (Å²) < 4.78 is 58.2. The number of nitrogens with one attached hydrogen (secondary N) is 2. The summed E-state index contributed by atoms with van der Waals surface area (Å²) >= 11 is 0. The highest BCUT2D eigenvalue weighted by Gasteiger charge is 2.46. The van der Waals surface area contributed by atoms with Crippen LogP contribution in [0.5, 0.6) is 17.2 Å². The van der Waals surface area contributed by atoms with Crippen LogP contribution in [0.4, 0.5) is 24.7 Å². The third-order valence-electron chi connectivity index (χ3n) is 5.55. The van der Waals surface area contributed by atoms with Crippen molar-refractivity contribution in [2.75, 3.05) is 32.0 Å². The quantitative estimate of drug-likeness (QED) is 0.531. The summed E-state index contributed by atoms with van der Waals surface area (Å²) in [4.78, 5) is 12.9. The number of fused-ring (bicyclic) bond motifs is 1. The summed E-state index contributed by atoms with van der Waals surface area (Å²) in [6, 6.07) is 10.7. The zero-order chi connectivity index (χ0) is 24.5. The largest absolute Gasteiger partial charge is 0.493 e. The molecule has 1 amide bonds. The summed E-state index contributed by atoms with van der Waals surface area (Å²) in [7, 11) is 4.30. The average molecular weight is 476 g/mol. The summed E-state index contributed by atoms with van der Waals surface area (Å²) in [5, 5.41) is 9.67. The molecule has 3 aromatic rings. The SMILES string of the molecule is COc1cc(NC(=O)c2cc3n(n2)[C@@H](C(F)(F)F)C[C@@H](c2ccccc2)N3)cc(OC)c1OC. The zero-order valence-corrected chi connectivity index (χ0v) is 18.6. The van der Waals surface area contributed by atoms with Crippen molar-refractivity contribution in [2.45, 2.75) is 24.7 Å². The standard InChI is InChI=1S/C23H23F3N4O4/c1-32-17-9-14(10-18(33-2)21(17)34-3)27-22(31)16-12-20-28-15(13-7-5-4-6-8-13)11-19(23(24,25)26)30(20)29-16/h4-10,12,15,19,28H,11H2,1-3H3,(H,27,31)/t15-,19+/m0/s1. The van der Waals surface area contributed by atoms with E-state index in [1.165, 1.54) is 39.5 Å². The number of ether oxygens (including phenoxy) is 3. The molecule has 2 N–H and O–H groups in total. The number of nitrogens with zero attached hydrogens (tertiary/aromatic N) is 2. The van der Waals surface area contributed by atoms with Gasteiger partial charge in [-0.1, -0.05) is 30.3 Å². The molecular weight excluding hydrogens is 453 g/mol. The fourth-order valence-corrected chi connectivity index (χ4v) is 3.94. The molecule has 1 aromatic heterocycles. The number of anilines is 2. The molecule has 0 saturated carbocycles. The van der Waals surface area contributed by atoms with E-state index in [4.69, 9.17) is 14.2 Å². The first-order chi connectivity index (χ1) is 16.2. The van der Waals surface area contributed by atoms with Crippen LogP contribution in [-0.4, -0.2) is 43.2 Å². The molecule has 8 nitrogen and oxygen atoms in total. The van der Waals surface area contributed by atoms with Crippen LogP contribution in [0.25, 0.3) is 0 Å². The second kappa shape index (κ2) is 9.16. The Hall–Kier alpha value is -3.89. The van der Waals surface area contributed by atoms with Crippen molar-refractivity contribution < 1.29 is 32.2 Å². The van der Waals surface area contributed by atoms with Gasteiger partial charge in [0.15, 0.2) is 23.2 Å². The number of hydrogen-bond acceptors (Lipinski definition) is 6. The fourth-order valence-electron chi connectivity index (χ4n) is 3.94. The van der Waals surface area contributed by atoms with Crippen LogP contribution in [0.1, 0.15) is 34.6 Å². The molecular formula is C23H23F3N4O4. The smallest absolute Gasteiger partial charge is 0.410 e. The number of rotatable bonds is 6. The normalized spacial score (nSPS) is 17.4. The molecule has 180 valence electrons. The minimum absolute atomic E-state index is 0.109. The van der Waals surface area contributed by atoms with Gasteiger partial charge in [0.2, 0.25) is 5.75 Å². The van der Waals surface area contributed by atoms with Crippen LogP contribution >= 0.6 is 0 Å². The average Bonchev–Trinajstić information content (AvgIpc) is 3.27. The van der Waals surface area contributed by atoms with Gasteiger partial charge in [-0.2, -0.15) is 18.3 Å². The predicted molar refractivity (Wildman–Crippen MR) is 119 cm³/mol. The molecule has 1 aliphatic heterocycles. The minimum atomic E-state index is -4.54. The van der Waals surface area contributed by atoms with Gasteiger partial charge in [-0.3, -0.25) is 4.79 Å². The number of hydrogen-bond donors (Lipinski definition) is 2. The molecule has 34 heavy (non-hydrogen) atoms. The number of benzene rings is 2. The molecule has 0 aliphatic carbocycles. The van der Waals surface area contributed by atoms with E-state index in [0.717, 1.165) is 4.68 Å². The third-order valence-corrected chi connectivity index (χ3v) is 5.55. The van der Waals surface area contributed by atoms with Crippen molar-refractivity contribution in [3.8, 4) is 17.2 Å². The molecule has 2 aromatic carbocycles. The van der Waals surface area contributed by atoms with E-state index in [9.17, 15) is 18.0 Å². The van der Waals surface area contributed by atoms with Crippen molar-refractivity contribution in [3.63, 3.8) is 0 Å². The highest BCUT2D eigenvalue weighted by molar-refractivity contribution is 6.03. The Morgan fingerprint density at radius 3 is 2.26 bits per heavy atom. The van der Waals surface area contributed by atoms with Gasteiger partial charge in [0, 0.05) is 30.3 Å². The molecule has 2 heterocycles. The van der Waals surface area contributed by atoms with Gasteiger partial charge < -0.3 is 24.8 Å². The van der Waals surface area contributed by atoms with E-state index in [2.05, 4.69) is 15.7 Å². The molecule has 2 atom stereocenters. The first-order valence-electron chi connectivity index (χ1n) is 10.3. The lowest BCUT2D eigenvalue weighted by atomic mass is 9.97. The Bertz CT molecular complexity index is 1160. The number of amides is 1. The fraction of sp³-hybridized carbons (Fsp3) is 0.304. The number of alkyl halides is 3. The van der Waals surface area contributed by atoms with E-state index in [1.807, 2.05) is 0 Å². The Labute approximate surface area is 193 Å². The number of carbonyl (C=O) groups is 1. The van der Waals surface area contributed by atoms with E-state index in [0.29, 0.717) is 28.5 Å². The Morgan fingerprint density at radius 1 is 1.06 bits per heavy atom. The van der Waals surface area contributed by atoms with Gasteiger partial charge in [-0.15, -0.1) is 0 Å². The molecule has 0 radical (unpaired) electrons. The van der Waals surface area contributed by atoms with Gasteiger partial charge in [0.1, 0.15) is 5.82 Å². The number of halogens is 3. The molecule has 1 aliphatic rings. The zero-order valence-electron chi connectivity index (χ0n) is 18.6. The molecule has 11 heteroatoms. The van der Waals surface area contributed by atoms with E-state index >= 15 is 0 Å². The first-order valence-corrected chi connectivity index (χ1v) is 10.3. The number of carbonyl (C=O) groups excluding carboxylic acids is 1. The lowest BCUT2D eigenvalue weighted by Crippen LogP contribution is -2.35. The summed E-state index contributed by atoms with van der Waals surface area (Å²) in [5.41, 5.74) is 0.847. The molecule has 0 bridgehead atoms. The summed E-state index contributed by atoms with van der Waals surface area (Å²) in [6.45, 7) is 0. The lowest BCUT2D eigenvalue weighted by Gasteiger charge is -2.33. The molecule has 4 rings (SSSR count). The Kier molecular flexibility index (Phi) is 6.27. The topological polar surface area (TPSA) is 86.6 Å². The van der Waals surface area contributed by atoms with Gasteiger partial charge in [-0.25, -0.2) is 4.68 Å². The number of methoxy groups -OCH3 is 3. The second-order valence-electron chi connectivity index (χ2n) is 7.63. The summed E-state index contributed by atoms with van der Waals surface area (Å²) in [5.74, 6) is 0.383. The van der Waals surface area contributed by atoms with E-state index in [1.54, 1.807) is 30.3 Å². The van der Waals surface area contributed by atoms with E-state index in [-0.39, 0.29) is 17.9 Å². The van der Waals surface area contributed by atoms with Gasteiger partial charge >= 0.3 is 6.18 Å². The number of aromatic nitrogens is 2. The highest BCUT2D eigenvalue weighted by atomic mass is 19.4. The summed E-state index contributed by atoms with van der Waals surface area (Å²) in [6.07, 6.45) is -4.80. The maximum absolute atomic E-state index is 13.9. The third kappa shape index (κ3) is 4.45. The minimum Gasteiger partial charge on any atom is -0.493 e. The van der Waals surface area contributed by atoms with Crippen LogP contribution in [0.15, 0.2) is 48.5 Å². The van der Waals surface area contributed by atoms with Crippen LogP contribution < -0.4 is 24.8 Å². The van der Waals surface area contributed by atoms with Gasteiger partial charge in [-0.05, 0) is 5.56 Å². The van der Waals surface area contributed by atoms with Gasteiger partial charge in [0.05, 0.1) is 27.4 Å². The highest BCUT2D eigenvalue weighted by Crippen LogP contribution is 2.44. The van der Waals surface area contributed by atoms with Crippen molar-refractivity contribution in [2.24, 2.45) is 0 Å². The predicted octanol–water partition coefficient (Wildman–Crippen LogP) is 4.82.